The van der Waals surface area contributed by atoms with Crippen molar-refractivity contribution in [2.24, 2.45) is 0 Å². The quantitative estimate of drug-likeness (QED) is 0.296. The second-order valence-corrected chi connectivity index (χ2v) is 12.4. The van der Waals surface area contributed by atoms with E-state index < -0.39 is 0 Å². The summed E-state index contributed by atoms with van der Waals surface area (Å²) in [7, 11) is 0. The molecule has 3 aromatic rings. The van der Waals surface area contributed by atoms with Gasteiger partial charge < -0.3 is 20.4 Å². The van der Waals surface area contributed by atoms with Gasteiger partial charge in [0, 0.05) is 54.6 Å². The minimum absolute atomic E-state index is 0.0378. The average Bonchev–Trinajstić information content (AvgIpc) is 3.15. The van der Waals surface area contributed by atoms with Crippen LogP contribution in [0, 0.1) is 6.92 Å². The predicted octanol–water partition coefficient (Wildman–Crippen LogP) is 7.07. The van der Waals surface area contributed by atoms with Crippen LogP contribution in [0.1, 0.15) is 76.8 Å². The van der Waals surface area contributed by atoms with E-state index in [1.54, 1.807) is 43.3 Å². The molecule has 3 aromatic carbocycles. The highest BCUT2D eigenvalue weighted by Gasteiger charge is 2.29. The van der Waals surface area contributed by atoms with E-state index in [0.717, 1.165) is 68.6 Å². The van der Waals surface area contributed by atoms with Crippen LogP contribution in [-0.2, 0) is 4.79 Å². The number of piperidine rings is 1. The number of carbonyl (C=O) groups excluding carboxylic acids is 3. The Bertz CT molecular complexity index is 1500. The first-order valence-corrected chi connectivity index (χ1v) is 15.7. The van der Waals surface area contributed by atoms with Crippen LogP contribution in [0.5, 0.6) is 0 Å². The van der Waals surface area contributed by atoms with E-state index in [9.17, 15) is 14.4 Å². The summed E-state index contributed by atoms with van der Waals surface area (Å²) in [4.78, 5) is 42.5. The van der Waals surface area contributed by atoms with Crippen molar-refractivity contribution in [3.8, 4) is 0 Å². The number of hydrogen-bond acceptors (Lipinski definition) is 4. The molecule has 0 aliphatic carbocycles. The van der Waals surface area contributed by atoms with E-state index in [4.69, 9.17) is 23.2 Å². The van der Waals surface area contributed by atoms with Crippen LogP contribution >= 0.6 is 23.2 Å². The van der Waals surface area contributed by atoms with Gasteiger partial charge in [-0.3, -0.25) is 14.4 Å². The molecule has 0 radical (unpaired) electrons. The van der Waals surface area contributed by atoms with Crippen LogP contribution in [0.4, 0.5) is 11.4 Å². The zero-order valence-corrected chi connectivity index (χ0v) is 26.2. The van der Waals surface area contributed by atoms with Gasteiger partial charge in [-0.1, -0.05) is 35.3 Å². The summed E-state index contributed by atoms with van der Waals surface area (Å²) in [6.45, 7) is 7.00. The van der Waals surface area contributed by atoms with Gasteiger partial charge in [0.1, 0.15) is 0 Å². The number of carbonyl (C=O) groups is 3. The number of aryl methyl sites for hydroxylation is 1. The molecule has 0 aromatic heterocycles. The average molecular weight is 622 g/mol. The van der Waals surface area contributed by atoms with Gasteiger partial charge in [0.25, 0.3) is 11.8 Å². The standard InChI is InChI=1S/C34H38Cl2N4O3/c1-22-20-27(38-33(42)29-7-3-4-8-31(29)36)10-11-28(22)34(43)40-16-5-6-24(30-21-25(35)9-12-32(30)40)13-17-39-18-14-26(15-19-39)37-23(2)41/h3-4,7-12,20-21,24,26H,5-6,13-19H2,1-2H3,(H,37,41)(H,38,42). The number of nitrogens with zero attached hydrogens (tertiary/aromatic N) is 2. The second-order valence-electron chi connectivity index (χ2n) is 11.6. The zero-order chi connectivity index (χ0) is 30.5. The highest BCUT2D eigenvalue weighted by Crippen LogP contribution is 2.39. The van der Waals surface area contributed by atoms with Crippen LogP contribution < -0.4 is 15.5 Å². The summed E-state index contributed by atoms with van der Waals surface area (Å²) in [5.41, 5.74) is 4.40. The molecule has 7 nitrogen and oxygen atoms in total. The highest BCUT2D eigenvalue weighted by atomic mass is 35.5. The molecule has 2 aliphatic rings. The third-order valence-corrected chi connectivity index (χ3v) is 9.09. The molecule has 3 amide bonds. The lowest BCUT2D eigenvalue weighted by molar-refractivity contribution is -0.119. The lowest BCUT2D eigenvalue weighted by atomic mass is 9.90. The van der Waals surface area contributed by atoms with Crippen molar-refractivity contribution in [1.82, 2.24) is 10.2 Å². The number of benzene rings is 3. The number of halogens is 2. The third kappa shape index (κ3) is 7.58. The summed E-state index contributed by atoms with van der Waals surface area (Å²) in [6, 6.07) is 18.4. The number of amides is 3. The molecule has 0 bridgehead atoms. The molecular formula is C34H38Cl2N4O3. The van der Waals surface area contributed by atoms with Gasteiger partial charge in [-0.2, -0.15) is 0 Å². The first kappa shape index (κ1) is 31.0. The van der Waals surface area contributed by atoms with Gasteiger partial charge in [0.05, 0.1) is 10.6 Å². The zero-order valence-electron chi connectivity index (χ0n) is 24.7. The highest BCUT2D eigenvalue weighted by molar-refractivity contribution is 6.34. The Morgan fingerprint density at radius 1 is 0.907 bits per heavy atom. The molecule has 2 N–H and O–H groups in total. The Labute approximate surface area is 263 Å². The minimum atomic E-state index is -0.300. The van der Waals surface area contributed by atoms with Gasteiger partial charge in [0.2, 0.25) is 5.91 Å². The Morgan fingerprint density at radius 2 is 1.67 bits per heavy atom. The van der Waals surface area contributed by atoms with Crippen molar-refractivity contribution in [1.29, 1.82) is 0 Å². The fourth-order valence-electron chi connectivity index (χ4n) is 6.28. The van der Waals surface area contributed by atoms with Gasteiger partial charge >= 0.3 is 0 Å². The maximum atomic E-state index is 14.0. The summed E-state index contributed by atoms with van der Waals surface area (Å²) < 4.78 is 0. The summed E-state index contributed by atoms with van der Waals surface area (Å²) in [5, 5.41) is 6.99. The topological polar surface area (TPSA) is 81.8 Å². The minimum Gasteiger partial charge on any atom is -0.354 e. The molecule has 9 heteroatoms. The van der Waals surface area contributed by atoms with E-state index in [0.29, 0.717) is 39.3 Å². The molecule has 0 saturated carbocycles. The maximum absolute atomic E-state index is 14.0. The fraction of sp³-hybridized carbons (Fsp3) is 0.382. The number of hydrogen-bond donors (Lipinski definition) is 2. The van der Waals surface area contributed by atoms with Crippen molar-refractivity contribution in [3.63, 3.8) is 0 Å². The van der Waals surface area contributed by atoms with Gasteiger partial charge in [-0.25, -0.2) is 0 Å². The molecular weight excluding hydrogens is 583 g/mol. The molecule has 0 spiro atoms. The molecule has 5 rings (SSSR count). The van der Waals surface area contributed by atoms with E-state index >= 15 is 0 Å². The van der Waals surface area contributed by atoms with Gasteiger partial charge in [-0.15, -0.1) is 0 Å². The van der Waals surface area contributed by atoms with Crippen LogP contribution in [0.3, 0.4) is 0 Å². The van der Waals surface area contributed by atoms with E-state index in [2.05, 4.69) is 15.5 Å². The lowest BCUT2D eigenvalue weighted by Gasteiger charge is -2.33. The molecule has 2 aliphatic heterocycles. The van der Waals surface area contributed by atoms with Crippen LogP contribution in [-0.4, -0.2) is 54.8 Å². The van der Waals surface area contributed by atoms with Gasteiger partial charge in [0.15, 0.2) is 0 Å². The normalized spacial score (nSPS) is 17.6. The van der Waals surface area contributed by atoms with Crippen molar-refractivity contribution >= 4 is 52.3 Å². The monoisotopic (exact) mass is 620 g/mol. The molecule has 43 heavy (non-hydrogen) atoms. The first-order chi connectivity index (χ1) is 20.7. The smallest absolute Gasteiger partial charge is 0.258 e. The van der Waals surface area contributed by atoms with Crippen molar-refractivity contribution < 1.29 is 14.4 Å². The second kappa shape index (κ2) is 13.9. The number of fused-ring (bicyclic) bond motifs is 1. The van der Waals surface area contributed by atoms with Crippen molar-refractivity contribution in [2.75, 3.05) is 36.4 Å². The van der Waals surface area contributed by atoms with E-state index in [1.807, 2.05) is 36.1 Å². The van der Waals surface area contributed by atoms with Crippen LogP contribution in [0.15, 0.2) is 60.7 Å². The largest absolute Gasteiger partial charge is 0.354 e. The van der Waals surface area contributed by atoms with Crippen molar-refractivity contribution in [2.45, 2.75) is 57.9 Å². The Kier molecular flexibility index (Phi) is 10.1. The molecule has 1 saturated heterocycles. The molecule has 1 atom stereocenters. The van der Waals surface area contributed by atoms with Gasteiger partial charge in [-0.05, 0) is 111 Å². The van der Waals surface area contributed by atoms with Crippen LogP contribution in [0.25, 0.3) is 0 Å². The fourth-order valence-corrected chi connectivity index (χ4v) is 6.68. The summed E-state index contributed by atoms with van der Waals surface area (Å²) in [5.74, 6) is -0.0323. The Morgan fingerprint density at radius 3 is 2.40 bits per heavy atom. The number of likely N-dealkylation sites (tertiary alicyclic amines) is 1. The lowest BCUT2D eigenvalue weighted by Crippen LogP contribution is -2.44. The maximum Gasteiger partial charge on any atom is 0.258 e. The van der Waals surface area contributed by atoms with E-state index in [-0.39, 0.29) is 23.8 Å². The van der Waals surface area contributed by atoms with E-state index in [1.165, 1.54) is 0 Å². The molecule has 1 unspecified atom stereocenters. The number of anilines is 2. The molecule has 226 valence electrons. The predicted molar refractivity (Wildman–Crippen MR) is 174 cm³/mol. The molecule has 1 fully saturated rings. The SMILES string of the molecule is CC(=O)NC1CCN(CCC2CCCN(C(=O)c3ccc(NC(=O)c4ccccc4Cl)cc3C)c3ccc(Cl)cc32)CC1. The Hall–Kier alpha value is -3.39. The first-order valence-electron chi connectivity index (χ1n) is 15.0. The Balaban J connectivity index is 1.29. The van der Waals surface area contributed by atoms with Crippen molar-refractivity contribution in [3.05, 3.63) is 93.0 Å². The third-order valence-electron chi connectivity index (χ3n) is 8.52. The molecule has 2 heterocycles. The van der Waals surface area contributed by atoms with Crippen LogP contribution in [0.2, 0.25) is 10.0 Å². The summed E-state index contributed by atoms with van der Waals surface area (Å²) >= 11 is 12.7. The number of rotatable bonds is 7. The summed E-state index contributed by atoms with van der Waals surface area (Å²) in [6.07, 6.45) is 4.79. The number of nitrogens with one attached hydrogen (secondary N) is 2.